The summed E-state index contributed by atoms with van der Waals surface area (Å²) in [6.07, 6.45) is 6.55. The number of pyridine rings is 2. The summed E-state index contributed by atoms with van der Waals surface area (Å²) in [5.74, 6) is 0.368. The van der Waals surface area contributed by atoms with E-state index in [1.165, 1.54) is 11.1 Å². The monoisotopic (exact) mass is 420 g/mol. The van der Waals surface area contributed by atoms with Gasteiger partial charge in [0, 0.05) is 34.3 Å². The van der Waals surface area contributed by atoms with E-state index in [-0.39, 0.29) is 12.1 Å². The second-order valence-corrected chi connectivity index (χ2v) is 7.58. The Morgan fingerprint density at radius 1 is 1.17 bits per heavy atom. The minimum atomic E-state index is -0.356. The zero-order chi connectivity index (χ0) is 21.5. The molecule has 1 aromatic carbocycles. The fourth-order valence-electron chi connectivity index (χ4n) is 2.87. The summed E-state index contributed by atoms with van der Waals surface area (Å²) in [7, 11) is 0. The molecular formula is C22H24N6OS. The van der Waals surface area contributed by atoms with Crippen molar-refractivity contribution < 1.29 is 4.79 Å². The van der Waals surface area contributed by atoms with Crippen molar-refractivity contribution in [2.75, 3.05) is 16.9 Å². The lowest BCUT2D eigenvalue weighted by Crippen LogP contribution is -2.31. The molecule has 0 radical (unpaired) electrons. The van der Waals surface area contributed by atoms with Gasteiger partial charge in [-0.1, -0.05) is 12.1 Å². The number of aromatic nitrogens is 2. The number of hydrogen-bond donors (Lipinski definition) is 4. The summed E-state index contributed by atoms with van der Waals surface area (Å²) in [6.45, 7) is 3.83. The number of carbonyl (C=O) groups excluding carboxylic acids is 1. The average molecular weight is 421 g/mol. The van der Waals surface area contributed by atoms with Crippen LogP contribution in [-0.2, 0) is 0 Å². The lowest BCUT2D eigenvalue weighted by Gasteiger charge is -2.16. The molecule has 8 heteroatoms. The quantitative estimate of drug-likeness (QED) is 0.313. The number of nitrogens with one attached hydrogen (secondary N) is 4. The third kappa shape index (κ3) is 5.57. The SMILES string of the molecule is CSc1ccc(C(C)NC(=O)Nc2cc(C=N)c(Nc3ccnc(C)c3)cn2)cc1. The molecule has 0 aliphatic rings. The molecule has 0 bridgehead atoms. The van der Waals surface area contributed by atoms with Gasteiger partial charge in [0.1, 0.15) is 5.82 Å². The van der Waals surface area contributed by atoms with Crippen molar-refractivity contribution in [3.05, 3.63) is 71.7 Å². The maximum absolute atomic E-state index is 12.4. The van der Waals surface area contributed by atoms with Crippen molar-refractivity contribution in [1.82, 2.24) is 15.3 Å². The van der Waals surface area contributed by atoms with E-state index in [2.05, 4.69) is 25.9 Å². The highest BCUT2D eigenvalue weighted by molar-refractivity contribution is 7.98. The van der Waals surface area contributed by atoms with Crippen LogP contribution in [0.3, 0.4) is 0 Å². The van der Waals surface area contributed by atoms with Crippen molar-refractivity contribution in [2.45, 2.75) is 24.8 Å². The molecule has 3 aromatic rings. The van der Waals surface area contributed by atoms with Gasteiger partial charge in [-0.2, -0.15) is 0 Å². The number of anilines is 3. The molecule has 1 atom stereocenters. The molecule has 1 unspecified atom stereocenters. The minimum absolute atomic E-state index is 0.154. The van der Waals surface area contributed by atoms with E-state index < -0.39 is 0 Å². The van der Waals surface area contributed by atoms with Gasteiger partial charge in [-0.15, -0.1) is 11.8 Å². The van der Waals surface area contributed by atoms with Gasteiger partial charge in [-0.05, 0) is 56.0 Å². The van der Waals surface area contributed by atoms with E-state index in [0.29, 0.717) is 17.1 Å². The van der Waals surface area contributed by atoms with Crippen LogP contribution in [0.5, 0.6) is 0 Å². The molecule has 4 N–H and O–H groups in total. The summed E-state index contributed by atoms with van der Waals surface area (Å²) in [6, 6.07) is 13.0. The summed E-state index contributed by atoms with van der Waals surface area (Å²) in [5.41, 5.74) is 4.03. The third-order valence-corrected chi connectivity index (χ3v) is 5.22. The normalized spacial score (nSPS) is 11.4. The smallest absolute Gasteiger partial charge is 0.320 e. The summed E-state index contributed by atoms with van der Waals surface area (Å²) in [4.78, 5) is 22.0. The predicted octanol–water partition coefficient (Wildman–Crippen LogP) is 5.13. The number of benzene rings is 1. The van der Waals surface area contributed by atoms with Crippen LogP contribution >= 0.6 is 11.8 Å². The molecular weight excluding hydrogens is 396 g/mol. The van der Waals surface area contributed by atoms with Gasteiger partial charge in [-0.25, -0.2) is 9.78 Å². The Morgan fingerprint density at radius 2 is 1.93 bits per heavy atom. The lowest BCUT2D eigenvalue weighted by molar-refractivity contribution is 0.249. The second-order valence-electron chi connectivity index (χ2n) is 6.71. The lowest BCUT2D eigenvalue weighted by atomic mass is 10.1. The van der Waals surface area contributed by atoms with Gasteiger partial charge >= 0.3 is 6.03 Å². The molecule has 3 rings (SSSR count). The molecule has 7 nitrogen and oxygen atoms in total. The Kier molecular flexibility index (Phi) is 7.03. The number of thioether (sulfide) groups is 1. The number of hydrogen-bond acceptors (Lipinski definition) is 6. The summed E-state index contributed by atoms with van der Waals surface area (Å²) < 4.78 is 0. The minimum Gasteiger partial charge on any atom is -0.354 e. The topological polar surface area (TPSA) is 103 Å². The Bertz CT molecular complexity index is 1040. The zero-order valence-electron chi connectivity index (χ0n) is 17.1. The third-order valence-electron chi connectivity index (χ3n) is 4.47. The Labute approximate surface area is 180 Å². The highest BCUT2D eigenvalue weighted by Crippen LogP contribution is 2.22. The Hall–Kier alpha value is -3.39. The van der Waals surface area contributed by atoms with Crippen LogP contribution < -0.4 is 16.0 Å². The zero-order valence-corrected chi connectivity index (χ0v) is 17.9. The van der Waals surface area contributed by atoms with Crippen LogP contribution in [0.25, 0.3) is 0 Å². The van der Waals surface area contributed by atoms with Crippen molar-refractivity contribution >= 4 is 41.2 Å². The highest BCUT2D eigenvalue weighted by atomic mass is 32.2. The van der Waals surface area contributed by atoms with E-state index in [4.69, 9.17) is 5.41 Å². The van der Waals surface area contributed by atoms with Gasteiger partial charge in [0.05, 0.1) is 17.9 Å². The first kappa shape index (κ1) is 21.3. The van der Waals surface area contributed by atoms with Crippen LogP contribution in [0.15, 0.2) is 59.8 Å². The first-order valence-electron chi connectivity index (χ1n) is 9.40. The number of rotatable bonds is 7. The molecule has 30 heavy (non-hydrogen) atoms. The van der Waals surface area contributed by atoms with Gasteiger partial charge in [-0.3, -0.25) is 10.3 Å². The van der Waals surface area contributed by atoms with Crippen LogP contribution in [0.4, 0.5) is 22.0 Å². The number of carbonyl (C=O) groups is 1. The average Bonchev–Trinajstić information content (AvgIpc) is 2.74. The molecule has 2 amide bonds. The fourth-order valence-corrected chi connectivity index (χ4v) is 3.28. The second kappa shape index (κ2) is 9.89. The summed E-state index contributed by atoms with van der Waals surface area (Å²) in [5, 5.41) is 16.6. The van der Waals surface area contributed by atoms with Gasteiger partial charge in [0.2, 0.25) is 0 Å². The number of amides is 2. The number of urea groups is 1. The molecule has 0 aliphatic carbocycles. The van der Waals surface area contributed by atoms with Crippen molar-refractivity contribution in [1.29, 1.82) is 5.41 Å². The van der Waals surface area contributed by atoms with E-state index in [9.17, 15) is 4.79 Å². The van der Waals surface area contributed by atoms with E-state index in [0.717, 1.165) is 16.9 Å². The van der Waals surface area contributed by atoms with E-state index >= 15 is 0 Å². The highest BCUT2D eigenvalue weighted by Gasteiger charge is 2.11. The predicted molar refractivity (Wildman–Crippen MR) is 123 cm³/mol. The molecule has 0 aliphatic heterocycles. The van der Waals surface area contributed by atoms with Gasteiger partial charge < -0.3 is 16.0 Å². The maximum Gasteiger partial charge on any atom is 0.320 e. The molecule has 0 saturated heterocycles. The molecule has 2 aromatic heterocycles. The Morgan fingerprint density at radius 3 is 2.60 bits per heavy atom. The molecule has 154 valence electrons. The first-order chi connectivity index (χ1) is 14.5. The molecule has 0 saturated carbocycles. The molecule has 0 fully saturated rings. The van der Waals surface area contributed by atoms with Crippen LogP contribution in [0.2, 0.25) is 0 Å². The Balaban J connectivity index is 1.65. The standard InChI is InChI=1S/C22H24N6OS/c1-14-10-18(8-9-24-14)27-20-13-25-21(11-17(20)12-23)28-22(29)26-15(2)16-4-6-19(30-3)7-5-16/h4-13,15,23H,1-3H3,(H,24,27)(H2,25,26,28,29). The van der Waals surface area contributed by atoms with Crippen molar-refractivity contribution in [3.63, 3.8) is 0 Å². The maximum atomic E-state index is 12.4. The number of aryl methyl sites for hydroxylation is 1. The van der Waals surface area contributed by atoms with Crippen LogP contribution in [-0.4, -0.2) is 28.5 Å². The first-order valence-corrected chi connectivity index (χ1v) is 10.6. The molecule has 0 spiro atoms. The van der Waals surface area contributed by atoms with Crippen molar-refractivity contribution in [2.24, 2.45) is 0 Å². The van der Waals surface area contributed by atoms with Crippen LogP contribution in [0, 0.1) is 12.3 Å². The van der Waals surface area contributed by atoms with Gasteiger partial charge in [0.15, 0.2) is 0 Å². The van der Waals surface area contributed by atoms with E-state index in [1.54, 1.807) is 30.2 Å². The molecule has 2 heterocycles. The van der Waals surface area contributed by atoms with Crippen LogP contribution in [0.1, 0.15) is 29.8 Å². The number of nitrogens with zero attached hydrogens (tertiary/aromatic N) is 2. The van der Waals surface area contributed by atoms with Crippen molar-refractivity contribution in [3.8, 4) is 0 Å². The largest absolute Gasteiger partial charge is 0.354 e. The summed E-state index contributed by atoms with van der Waals surface area (Å²) >= 11 is 1.68. The van der Waals surface area contributed by atoms with E-state index in [1.807, 2.05) is 56.5 Å². The van der Waals surface area contributed by atoms with Gasteiger partial charge in [0.25, 0.3) is 0 Å². The fraction of sp³-hybridized carbons (Fsp3) is 0.182.